The first-order chi connectivity index (χ1) is 22.8. The molecule has 3 N–H and O–H groups in total. The largest absolute Gasteiger partial charge is 0.494 e. The third-order valence-corrected chi connectivity index (χ3v) is 7.90. The predicted molar refractivity (Wildman–Crippen MR) is 192 cm³/mol. The maximum atomic E-state index is 13.6. The monoisotopic (exact) mass is 652 g/mol. The standard InChI is InChI=1S/C37H60N6O4/c1-5-7-8-9-10-11-12-13-14-16-28-39-34(44)22-19-30-47-32-25-23-31(24-26-32)40-36(41-35(45)21-18-29-42(3)4)37(46)43(6-2)33-20-15-17-27-38-33/h15,17,20,23-27,36,40H,5-14,16,18-19,21-22,28-30H2,1-4H3,(H,39,44)(H,41,45). The number of ether oxygens (including phenoxy) is 1. The van der Waals surface area contributed by atoms with Crippen LogP contribution in [0, 0.1) is 0 Å². The number of hydrogen-bond donors (Lipinski definition) is 3. The lowest BCUT2D eigenvalue weighted by Gasteiger charge is -2.27. The summed E-state index contributed by atoms with van der Waals surface area (Å²) in [5.74, 6) is 0.738. The number of aromatic nitrogens is 1. The number of unbranched alkanes of at least 4 members (excludes halogenated alkanes) is 9. The summed E-state index contributed by atoms with van der Waals surface area (Å²) in [7, 11) is 3.92. The van der Waals surface area contributed by atoms with Crippen LogP contribution in [-0.4, -0.2) is 74.1 Å². The van der Waals surface area contributed by atoms with Gasteiger partial charge >= 0.3 is 0 Å². The molecular weight excluding hydrogens is 592 g/mol. The van der Waals surface area contributed by atoms with E-state index in [4.69, 9.17) is 4.74 Å². The van der Waals surface area contributed by atoms with Gasteiger partial charge < -0.3 is 25.6 Å². The fraction of sp³-hybridized carbons (Fsp3) is 0.622. The van der Waals surface area contributed by atoms with Gasteiger partial charge in [0.05, 0.1) is 6.61 Å². The number of anilines is 2. The van der Waals surface area contributed by atoms with Crippen LogP contribution >= 0.6 is 0 Å². The Morgan fingerprint density at radius 3 is 2.06 bits per heavy atom. The summed E-state index contributed by atoms with van der Waals surface area (Å²) in [5, 5.41) is 9.08. The molecule has 262 valence electrons. The average molecular weight is 653 g/mol. The minimum Gasteiger partial charge on any atom is -0.494 e. The van der Waals surface area contributed by atoms with Crippen LogP contribution in [0.1, 0.15) is 104 Å². The lowest BCUT2D eigenvalue weighted by atomic mass is 10.1. The van der Waals surface area contributed by atoms with Crippen LogP contribution in [0.5, 0.6) is 5.75 Å². The van der Waals surface area contributed by atoms with Crippen LogP contribution in [0.25, 0.3) is 0 Å². The second-order valence-corrected chi connectivity index (χ2v) is 12.3. The zero-order chi connectivity index (χ0) is 34.1. The van der Waals surface area contributed by atoms with Crippen LogP contribution in [-0.2, 0) is 14.4 Å². The fourth-order valence-electron chi connectivity index (χ4n) is 5.21. The maximum absolute atomic E-state index is 13.6. The van der Waals surface area contributed by atoms with Gasteiger partial charge in [-0.1, -0.05) is 70.8 Å². The van der Waals surface area contributed by atoms with Crippen LogP contribution < -0.4 is 25.6 Å². The highest BCUT2D eigenvalue weighted by atomic mass is 16.5. The zero-order valence-electron chi connectivity index (χ0n) is 29.4. The number of carbonyl (C=O) groups is 3. The fourth-order valence-corrected chi connectivity index (χ4v) is 5.21. The van der Waals surface area contributed by atoms with Crippen molar-refractivity contribution in [1.29, 1.82) is 0 Å². The van der Waals surface area contributed by atoms with E-state index in [0.29, 0.717) is 56.1 Å². The Balaban J connectivity index is 1.75. The molecular formula is C37H60N6O4. The van der Waals surface area contributed by atoms with E-state index in [1.807, 2.05) is 56.3 Å². The SMILES string of the molecule is CCCCCCCCCCCCNC(=O)CCCOc1ccc(NC(NC(=O)CCCN(C)C)C(=O)N(CC)c2ccccn2)cc1. The first-order valence-electron chi connectivity index (χ1n) is 17.8. The number of nitrogens with one attached hydrogen (secondary N) is 3. The molecule has 0 spiro atoms. The second kappa shape index (κ2) is 24.5. The van der Waals surface area contributed by atoms with Crippen molar-refractivity contribution in [3.8, 4) is 5.75 Å². The molecule has 2 aromatic rings. The molecule has 0 bridgehead atoms. The Labute approximate surface area is 283 Å². The van der Waals surface area contributed by atoms with Crippen LogP contribution in [0.4, 0.5) is 11.5 Å². The third kappa shape index (κ3) is 17.7. The molecule has 0 aliphatic heterocycles. The van der Waals surface area contributed by atoms with Gasteiger partial charge in [-0.2, -0.15) is 0 Å². The van der Waals surface area contributed by atoms with E-state index in [-0.39, 0.29) is 17.7 Å². The van der Waals surface area contributed by atoms with Crippen molar-refractivity contribution >= 4 is 29.2 Å². The normalized spacial score (nSPS) is 11.6. The molecule has 47 heavy (non-hydrogen) atoms. The average Bonchev–Trinajstić information content (AvgIpc) is 3.06. The van der Waals surface area contributed by atoms with Crippen molar-refractivity contribution in [2.75, 3.05) is 50.6 Å². The molecule has 10 nitrogen and oxygen atoms in total. The quantitative estimate of drug-likeness (QED) is 0.0782. The van der Waals surface area contributed by atoms with E-state index in [1.165, 1.54) is 57.8 Å². The van der Waals surface area contributed by atoms with Crippen molar-refractivity contribution in [2.45, 2.75) is 110 Å². The van der Waals surface area contributed by atoms with E-state index < -0.39 is 6.17 Å². The summed E-state index contributed by atoms with van der Waals surface area (Å²) in [6.07, 6.45) is 15.5. The molecule has 1 aromatic carbocycles. The number of likely N-dealkylation sites (N-methyl/N-ethyl adjacent to an activating group) is 1. The second-order valence-electron chi connectivity index (χ2n) is 12.3. The molecule has 0 radical (unpaired) electrons. The molecule has 1 unspecified atom stereocenters. The van der Waals surface area contributed by atoms with Gasteiger partial charge in [0.1, 0.15) is 11.6 Å². The van der Waals surface area contributed by atoms with Gasteiger partial charge in [0.15, 0.2) is 6.17 Å². The Morgan fingerprint density at radius 2 is 1.45 bits per heavy atom. The molecule has 0 aliphatic carbocycles. The Kier molecular flexibility index (Phi) is 20.6. The lowest BCUT2D eigenvalue weighted by molar-refractivity contribution is -0.127. The number of amides is 3. The molecule has 3 amide bonds. The molecule has 10 heteroatoms. The van der Waals surface area contributed by atoms with Crippen molar-refractivity contribution in [3.05, 3.63) is 48.7 Å². The van der Waals surface area contributed by atoms with E-state index in [1.54, 1.807) is 23.2 Å². The van der Waals surface area contributed by atoms with Crippen molar-refractivity contribution < 1.29 is 19.1 Å². The molecule has 0 fully saturated rings. The summed E-state index contributed by atoms with van der Waals surface area (Å²) in [6.45, 7) is 6.46. The number of nitrogens with zero attached hydrogens (tertiary/aromatic N) is 3. The molecule has 1 heterocycles. The van der Waals surface area contributed by atoms with E-state index in [2.05, 4.69) is 27.9 Å². The number of hydrogen-bond acceptors (Lipinski definition) is 7. The topological polar surface area (TPSA) is 116 Å². The number of carbonyl (C=O) groups excluding carboxylic acids is 3. The van der Waals surface area contributed by atoms with E-state index in [0.717, 1.165) is 19.5 Å². The third-order valence-electron chi connectivity index (χ3n) is 7.90. The molecule has 0 saturated carbocycles. The number of benzene rings is 1. The molecule has 0 aliphatic rings. The first-order valence-corrected chi connectivity index (χ1v) is 17.8. The summed E-state index contributed by atoms with van der Waals surface area (Å²) in [5.41, 5.74) is 0.660. The first kappa shape index (κ1) is 39.5. The van der Waals surface area contributed by atoms with Gasteiger partial charge in [-0.25, -0.2) is 4.98 Å². The smallest absolute Gasteiger partial charge is 0.271 e. The minimum atomic E-state index is -0.977. The Morgan fingerprint density at radius 1 is 0.787 bits per heavy atom. The highest BCUT2D eigenvalue weighted by Gasteiger charge is 2.27. The van der Waals surface area contributed by atoms with Crippen LogP contribution in [0.2, 0.25) is 0 Å². The molecule has 1 aromatic heterocycles. The molecule has 1 atom stereocenters. The summed E-state index contributed by atoms with van der Waals surface area (Å²) in [4.78, 5) is 46.5. The molecule has 0 saturated heterocycles. The van der Waals surface area contributed by atoms with Crippen molar-refractivity contribution in [1.82, 2.24) is 20.5 Å². The van der Waals surface area contributed by atoms with Gasteiger partial charge in [-0.05, 0) is 83.2 Å². The van der Waals surface area contributed by atoms with Crippen LogP contribution in [0.3, 0.4) is 0 Å². The van der Waals surface area contributed by atoms with Gasteiger partial charge in [-0.15, -0.1) is 0 Å². The van der Waals surface area contributed by atoms with Crippen molar-refractivity contribution in [2.24, 2.45) is 0 Å². The van der Waals surface area contributed by atoms with Gasteiger partial charge in [-0.3, -0.25) is 19.3 Å². The number of pyridine rings is 1. The zero-order valence-corrected chi connectivity index (χ0v) is 29.4. The van der Waals surface area contributed by atoms with Gasteiger partial charge in [0.25, 0.3) is 5.91 Å². The van der Waals surface area contributed by atoms with Crippen molar-refractivity contribution in [3.63, 3.8) is 0 Å². The Bertz CT molecular complexity index is 1130. The lowest BCUT2D eigenvalue weighted by Crippen LogP contribution is -2.53. The highest BCUT2D eigenvalue weighted by Crippen LogP contribution is 2.18. The van der Waals surface area contributed by atoms with Gasteiger partial charge in [0, 0.05) is 37.8 Å². The maximum Gasteiger partial charge on any atom is 0.271 e. The van der Waals surface area contributed by atoms with E-state index >= 15 is 0 Å². The summed E-state index contributed by atoms with van der Waals surface area (Å²) >= 11 is 0. The van der Waals surface area contributed by atoms with Crippen LogP contribution in [0.15, 0.2) is 48.7 Å². The Hall–Kier alpha value is -3.66. The van der Waals surface area contributed by atoms with E-state index in [9.17, 15) is 14.4 Å². The minimum absolute atomic E-state index is 0.0652. The summed E-state index contributed by atoms with van der Waals surface area (Å²) in [6, 6.07) is 12.6. The predicted octanol–water partition coefficient (Wildman–Crippen LogP) is 6.53. The summed E-state index contributed by atoms with van der Waals surface area (Å²) < 4.78 is 5.85. The highest BCUT2D eigenvalue weighted by molar-refractivity contribution is 5.99. The molecule has 2 rings (SSSR count). The van der Waals surface area contributed by atoms with Gasteiger partial charge in [0.2, 0.25) is 11.8 Å². The number of rotatable bonds is 26.